The molecule has 0 bridgehead atoms. The summed E-state index contributed by atoms with van der Waals surface area (Å²) in [6, 6.07) is 8.20. The summed E-state index contributed by atoms with van der Waals surface area (Å²) in [5.74, 6) is 1.06. The highest BCUT2D eigenvalue weighted by Crippen LogP contribution is 2.31. The molecule has 0 aromatic heterocycles. The molecule has 0 spiro atoms. The topological polar surface area (TPSA) is 38.3 Å². The molecule has 1 saturated heterocycles. The third-order valence-corrected chi connectivity index (χ3v) is 3.44. The van der Waals surface area contributed by atoms with E-state index in [-0.39, 0.29) is 11.3 Å². The fourth-order valence-corrected chi connectivity index (χ4v) is 2.23. The zero-order valence-electron chi connectivity index (χ0n) is 10.5. The van der Waals surface area contributed by atoms with Crippen LogP contribution >= 0.6 is 0 Å². The van der Waals surface area contributed by atoms with Crippen molar-refractivity contribution < 1.29 is 9.53 Å². The Morgan fingerprint density at radius 2 is 2.06 bits per heavy atom. The minimum Gasteiger partial charge on any atom is -0.494 e. The minimum absolute atomic E-state index is 0.0542. The van der Waals surface area contributed by atoms with Crippen LogP contribution in [-0.2, 0) is 10.2 Å². The first-order valence-corrected chi connectivity index (χ1v) is 6.14. The van der Waals surface area contributed by atoms with Gasteiger partial charge < -0.3 is 10.1 Å². The van der Waals surface area contributed by atoms with Crippen molar-refractivity contribution in [2.75, 3.05) is 13.2 Å². The van der Waals surface area contributed by atoms with Crippen molar-refractivity contribution in [2.24, 2.45) is 0 Å². The Labute approximate surface area is 102 Å². The summed E-state index contributed by atoms with van der Waals surface area (Å²) in [6.45, 7) is 5.58. The van der Waals surface area contributed by atoms with Gasteiger partial charge in [0.05, 0.1) is 6.61 Å². The fourth-order valence-electron chi connectivity index (χ4n) is 2.23. The molecule has 1 atom stereocenters. The van der Waals surface area contributed by atoms with E-state index in [2.05, 4.69) is 24.4 Å². The van der Waals surface area contributed by atoms with Crippen molar-refractivity contribution >= 4 is 5.91 Å². The minimum atomic E-state index is 0.0542. The van der Waals surface area contributed by atoms with Gasteiger partial charge in [0, 0.05) is 18.4 Å². The molecule has 1 N–H and O–H groups in total. The lowest BCUT2D eigenvalue weighted by Gasteiger charge is -2.34. The third kappa shape index (κ3) is 2.60. The molecule has 1 fully saturated rings. The molecule has 92 valence electrons. The number of piperidine rings is 1. The molecule has 17 heavy (non-hydrogen) atoms. The summed E-state index contributed by atoms with van der Waals surface area (Å²) in [6.07, 6.45) is 1.52. The van der Waals surface area contributed by atoms with Crippen LogP contribution in [0, 0.1) is 0 Å². The summed E-state index contributed by atoms with van der Waals surface area (Å²) in [7, 11) is 0. The molecule has 1 heterocycles. The van der Waals surface area contributed by atoms with E-state index in [9.17, 15) is 4.79 Å². The molecular weight excluding hydrogens is 214 g/mol. The molecule has 3 nitrogen and oxygen atoms in total. The monoisotopic (exact) mass is 233 g/mol. The predicted octanol–water partition coefficient (Wildman–Crippen LogP) is 2.25. The second-order valence-corrected chi connectivity index (χ2v) is 4.79. The maximum atomic E-state index is 11.2. The number of rotatable bonds is 3. The van der Waals surface area contributed by atoms with Crippen LogP contribution in [0.4, 0.5) is 0 Å². The molecule has 3 heteroatoms. The molecule has 1 aliphatic rings. The molecule has 0 radical (unpaired) electrons. The van der Waals surface area contributed by atoms with E-state index in [1.165, 1.54) is 5.56 Å². The Morgan fingerprint density at radius 3 is 2.59 bits per heavy atom. The van der Waals surface area contributed by atoms with E-state index in [0.717, 1.165) is 18.7 Å². The molecule has 0 saturated carbocycles. The summed E-state index contributed by atoms with van der Waals surface area (Å²) < 4.78 is 5.43. The van der Waals surface area contributed by atoms with Gasteiger partial charge in [-0.2, -0.15) is 0 Å². The normalized spacial score (nSPS) is 24.2. The van der Waals surface area contributed by atoms with Crippen molar-refractivity contribution in [3.05, 3.63) is 29.8 Å². The first kappa shape index (κ1) is 12.0. The van der Waals surface area contributed by atoms with E-state index in [1.807, 2.05) is 19.1 Å². The Bertz CT molecular complexity index is 387. The number of hydrogen-bond donors (Lipinski definition) is 1. The van der Waals surface area contributed by atoms with Crippen molar-refractivity contribution in [3.63, 3.8) is 0 Å². The van der Waals surface area contributed by atoms with Crippen LogP contribution in [0.5, 0.6) is 5.75 Å². The smallest absolute Gasteiger partial charge is 0.220 e. The number of benzene rings is 1. The van der Waals surface area contributed by atoms with E-state index < -0.39 is 0 Å². The van der Waals surface area contributed by atoms with Gasteiger partial charge in [-0.25, -0.2) is 0 Å². The van der Waals surface area contributed by atoms with Gasteiger partial charge in [-0.3, -0.25) is 4.79 Å². The fraction of sp³-hybridized carbons (Fsp3) is 0.500. The van der Waals surface area contributed by atoms with E-state index in [1.54, 1.807) is 0 Å². The van der Waals surface area contributed by atoms with Gasteiger partial charge in [-0.1, -0.05) is 19.1 Å². The summed E-state index contributed by atoms with van der Waals surface area (Å²) in [5.41, 5.74) is 1.32. The van der Waals surface area contributed by atoms with Crippen LogP contribution in [-0.4, -0.2) is 19.1 Å². The van der Waals surface area contributed by atoms with Crippen LogP contribution in [0.2, 0.25) is 0 Å². The first-order valence-electron chi connectivity index (χ1n) is 6.14. The lowest BCUT2D eigenvalue weighted by atomic mass is 9.76. The highest BCUT2D eigenvalue weighted by molar-refractivity contribution is 5.77. The van der Waals surface area contributed by atoms with E-state index in [0.29, 0.717) is 13.0 Å². The maximum absolute atomic E-state index is 11.2. The van der Waals surface area contributed by atoms with Gasteiger partial charge in [-0.05, 0) is 31.0 Å². The van der Waals surface area contributed by atoms with Crippen LogP contribution < -0.4 is 10.1 Å². The average molecular weight is 233 g/mol. The molecule has 2 rings (SSSR count). The Balaban J connectivity index is 2.13. The Hall–Kier alpha value is -1.51. The zero-order valence-corrected chi connectivity index (χ0v) is 10.5. The SMILES string of the molecule is CCOc1ccc(C2(C)CCC(=O)NC2)cc1. The van der Waals surface area contributed by atoms with Gasteiger partial charge in [-0.15, -0.1) is 0 Å². The van der Waals surface area contributed by atoms with E-state index >= 15 is 0 Å². The predicted molar refractivity (Wildman–Crippen MR) is 67.2 cm³/mol. The zero-order chi connectivity index (χ0) is 12.3. The largest absolute Gasteiger partial charge is 0.494 e. The molecule has 0 aliphatic carbocycles. The number of amides is 1. The van der Waals surface area contributed by atoms with Crippen LogP contribution in [0.1, 0.15) is 32.3 Å². The van der Waals surface area contributed by atoms with Crippen LogP contribution in [0.25, 0.3) is 0 Å². The van der Waals surface area contributed by atoms with Gasteiger partial charge in [0.25, 0.3) is 0 Å². The molecule has 1 unspecified atom stereocenters. The van der Waals surface area contributed by atoms with Crippen LogP contribution in [0.3, 0.4) is 0 Å². The van der Waals surface area contributed by atoms with Crippen molar-refractivity contribution in [2.45, 2.75) is 32.1 Å². The Morgan fingerprint density at radius 1 is 1.35 bits per heavy atom. The molecular formula is C14H19NO2. The number of nitrogens with one attached hydrogen (secondary N) is 1. The summed E-state index contributed by atoms with van der Waals surface area (Å²) >= 11 is 0. The maximum Gasteiger partial charge on any atom is 0.220 e. The summed E-state index contributed by atoms with van der Waals surface area (Å²) in [5, 5.41) is 2.94. The van der Waals surface area contributed by atoms with Crippen LogP contribution in [0.15, 0.2) is 24.3 Å². The molecule has 1 aromatic carbocycles. The van der Waals surface area contributed by atoms with Gasteiger partial charge in [0.2, 0.25) is 5.91 Å². The first-order chi connectivity index (χ1) is 8.14. The number of carbonyl (C=O) groups excluding carboxylic acids is 1. The van der Waals surface area contributed by atoms with E-state index in [4.69, 9.17) is 4.74 Å². The number of hydrogen-bond acceptors (Lipinski definition) is 2. The highest BCUT2D eigenvalue weighted by Gasteiger charge is 2.31. The molecule has 1 aliphatic heterocycles. The molecule has 1 amide bonds. The van der Waals surface area contributed by atoms with Crippen molar-refractivity contribution in [3.8, 4) is 5.75 Å². The number of ether oxygens (including phenoxy) is 1. The lowest BCUT2D eigenvalue weighted by Crippen LogP contribution is -2.44. The summed E-state index contributed by atoms with van der Waals surface area (Å²) in [4.78, 5) is 11.2. The molecule has 1 aromatic rings. The van der Waals surface area contributed by atoms with Crippen molar-refractivity contribution in [1.29, 1.82) is 0 Å². The average Bonchev–Trinajstić information content (AvgIpc) is 2.35. The second-order valence-electron chi connectivity index (χ2n) is 4.79. The van der Waals surface area contributed by atoms with Gasteiger partial charge in [0.1, 0.15) is 5.75 Å². The third-order valence-electron chi connectivity index (χ3n) is 3.44. The second kappa shape index (κ2) is 4.78. The Kier molecular flexibility index (Phi) is 3.36. The number of carbonyl (C=O) groups is 1. The van der Waals surface area contributed by atoms with Gasteiger partial charge in [0.15, 0.2) is 0 Å². The standard InChI is InChI=1S/C14H19NO2/c1-3-17-12-6-4-11(5-7-12)14(2)9-8-13(16)15-10-14/h4-7H,3,8-10H2,1-2H3,(H,15,16). The lowest BCUT2D eigenvalue weighted by molar-refractivity contribution is -0.123. The quantitative estimate of drug-likeness (QED) is 0.869. The van der Waals surface area contributed by atoms with Gasteiger partial charge >= 0.3 is 0 Å². The van der Waals surface area contributed by atoms with Crippen molar-refractivity contribution in [1.82, 2.24) is 5.32 Å². The highest BCUT2D eigenvalue weighted by atomic mass is 16.5.